The van der Waals surface area contributed by atoms with Gasteiger partial charge in [0.05, 0.1) is 0 Å². The molecule has 0 saturated carbocycles. The maximum atomic E-state index is 9.47. The van der Waals surface area contributed by atoms with Gasteiger partial charge in [-0.1, -0.05) is 44.2 Å². The normalized spacial score (nSPS) is 11.0. The van der Waals surface area contributed by atoms with Crippen LogP contribution in [-0.2, 0) is 6.42 Å². The van der Waals surface area contributed by atoms with E-state index < -0.39 is 7.12 Å². The van der Waals surface area contributed by atoms with E-state index in [4.69, 9.17) is 4.42 Å². The van der Waals surface area contributed by atoms with E-state index in [0.29, 0.717) is 11.2 Å². The van der Waals surface area contributed by atoms with Crippen molar-refractivity contribution in [1.29, 1.82) is 0 Å². The van der Waals surface area contributed by atoms with Crippen LogP contribution in [0.3, 0.4) is 0 Å². The fraction of sp³-hybridized carbons (Fsp3) is 0.294. The Bertz CT molecular complexity index is 612. The summed E-state index contributed by atoms with van der Waals surface area (Å²) in [6, 6.07) is 7.76. The van der Waals surface area contributed by atoms with Crippen LogP contribution in [0.1, 0.15) is 38.5 Å². The molecule has 2 N–H and O–H groups in total. The zero-order valence-corrected chi connectivity index (χ0v) is 13.0. The summed E-state index contributed by atoms with van der Waals surface area (Å²) in [6.07, 6.45) is 5.06. The fourth-order valence-electron chi connectivity index (χ4n) is 2.22. The summed E-state index contributed by atoms with van der Waals surface area (Å²) in [5.41, 5.74) is 2.26. The quantitative estimate of drug-likeness (QED) is 0.660. The van der Waals surface area contributed by atoms with Crippen LogP contribution in [0.25, 0.3) is 16.4 Å². The number of benzene rings is 1. The van der Waals surface area contributed by atoms with Crippen LogP contribution in [0.5, 0.6) is 0 Å². The molecule has 0 fully saturated rings. The highest BCUT2D eigenvalue weighted by Gasteiger charge is 2.23. The highest BCUT2D eigenvalue weighted by atomic mass is 16.4. The van der Waals surface area contributed by atoms with E-state index in [1.165, 1.54) is 0 Å². The second-order valence-electron chi connectivity index (χ2n) is 4.61. The standard InChI is InChI=1S/C14H17BO3.C3H6/c1-3-7-12(15(16)17)14-10(4-2)11-8-5-6-9-13(11)18-14;1-3-2/h5-9,16-17H,3-4H2,1-2H3;3H,1H2,2H3/b12-7+;. The lowest BCUT2D eigenvalue weighted by Crippen LogP contribution is -2.14. The Balaban J connectivity index is 0.000000677. The van der Waals surface area contributed by atoms with Crippen LogP contribution < -0.4 is 0 Å². The van der Waals surface area contributed by atoms with Crippen LogP contribution in [-0.4, -0.2) is 17.2 Å². The summed E-state index contributed by atoms with van der Waals surface area (Å²) < 4.78 is 5.78. The van der Waals surface area contributed by atoms with Gasteiger partial charge in [0.2, 0.25) is 0 Å². The summed E-state index contributed by atoms with van der Waals surface area (Å²) >= 11 is 0. The van der Waals surface area contributed by atoms with Crippen molar-refractivity contribution in [3.8, 4) is 0 Å². The van der Waals surface area contributed by atoms with Crippen LogP contribution in [0.2, 0.25) is 0 Å². The van der Waals surface area contributed by atoms with Crippen molar-refractivity contribution in [2.24, 2.45) is 0 Å². The van der Waals surface area contributed by atoms with E-state index in [0.717, 1.165) is 29.4 Å². The first-order valence-electron chi connectivity index (χ1n) is 7.24. The number of allylic oxidation sites excluding steroid dienone is 2. The first-order valence-corrected chi connectivity index (χ1v) is 7.24. The molecule has 0 aliphatic heterocycles. The lowest BCUT2D eigenvalue weighted by molar-refractivity contribution is 0.425. The van der Waals surface area contributed by atoms with Gasteiger partial charge in [-0.3, -0.25) is 0 Å². The van der Waals surface area contributed by atoms with Crippen molar-refractivity contribution in [3.05, 3.63) is 54.3 Å². The Morgan fingerprint density at radius 2 is 1.90 bits per heavy atom. The number of rotatable bonds is 4. The van der Waals surface area contributed by atoms with Crippen molar-refractivity contribution < 1.29 is 14.5 Å². The summed E-state index contributed by atoms with van der Waals surface area (Å²) in [4.78, 5) is 0. The van der Waals surface area contributed by atoms with E-state index in [1.54, 1.807) is 12.2 Å². The van der Waals surface area contributed by atoms with E-state index in [1.807, 2.05) is 45.0 Å². The third-order valence-corrected chi connectivity index (χ3v) is 3.02. The SMILES string of the molecule is C=CC.CC/C=C(/B(O)O)c1oc2ccccc2c1CC. The van der Waals surface area contributed by atoms with Gasteiger partial charge in [0, 0.05) is 16.4 Å². The molecule has 1 aromatic carbocycles. The minimum Gasteiger partial charge on any atom is -0.457 e. The third kappa shape index (κ3) is 4.10. The van der Waals surface area contributed by atoms with Crippen molar-refractivity contribution in [2.45, 2.75) is 33.6 Å². The molecule has 0 amide bonds. The van der Waals surface area contributed by atoms with Gasteiger partial charge < -0.3 is 14.5 Å². The molecular weight excluding hydrogens is 263 g/mol. The van der Waals surface area contributed by atoms with Crippen LogP contribution in [0.15, 0.2) is 47.4 Å². The van der Waals surface area contributed by atoms with Crippen LogP contribution in [0, 0.1) is 0 Å². The molecule has 21 heavy (non-hydrogen) atoms. The lowest BCUT2D eigenvalue weighted by Gasteiger charge is -2.05. The first kappa shape index (κ1) is 17.3. The summed E-state index contributed by atoms with van der Waals surface area (Å²) in [7, 11) is -1.50. The van der Waals surface area contributed by atoms with Gasteiger partial charge in [-0.05, 0) is 25.8 Å². The summed E-state index contributed by atoms with van der Waals surface area (Å²) in [6.45, 7) is 9.24. The molecule has 4 heteroatoms. The van der Waals surface area contributed by atoms with E-state index in [-0.39, 0.29) is 0 Å². The number of furan rings is 1. The maximum absolute atomic E-state index is 9.47. The molecule has 2 rings (SSSR count). The molecule has 2 aromatic rings. The molecule has 0 saturated heterocycles. The van der Waals surface area contributed by atoms with Crippen molar-refractivity contribution in [1.82, 2.24) is 0 Å². The van der Waals surface area contributed by atoms with Crippen LogP contribution in [0.4, 0.5) is 0 Å². The van der Waals surface area contributed by atoms with Gasteiger partial charge in [-0.2, -0.15) is 0 Å². The van der Waals surface area contributed by atoms with Crippen molar-refractivity contribution >= 4 is 23.6 Å². The van der Waals surface area contributed by atoms with Gasteiger partial charge in [-0.15, -0.1) is 6.58 Å². The molecule has 112 valence electrons. The molecular formula is C17H23BO3. The number of fused-ring (bicyclic) bond motifs is 1. The molecule has 0 atom stereocenters. The molecule has 0 radical (unpaired) electrons. The number of hydrogen-bond acceptors (Lipinski definition) is 3. The highest BCUT2D eigenvalue weighted by Crippen LogP contribution is 2.31. The predicted molar refractivity (Wildman–Crippen MR) is 89.9 cm³/mol. The van der Waals surface area contributed by atoms with E-state index in [9.17, 15) is 10.0 Å². The zero-order valence-electron chi connectivity index (χ0n) is 13.0. The van der Waals surface area contributed by atoms with Crippen molar-refractivity contribution in [3.63, 3.8) is 0 Å². The molecule has 0 spiro atoms. The monoisotopic (exact) mass is 286 g/mol. The molecule has 0 unspecified atom stereocenters. The Hall–Kier alpha value is -1.78. The molecule has 0 bridgehead atoms. The van der Waals surface area contributed by atoms with E-state index in [2.05, 4.69) is 6.58 Å². The molecule has 1 aromatic heterocycles. The topological polar surface area (TPSA) is 53.6 Å². The molecule has 0 aliphatic carbocycles. The van der Waals surface area contributed by atoms with Gasteiger partial charge in [-0.25, -0.2) is 0 Å². The second kappa shape index (κ2) is 8.50. The molecule has 3 nitrogen and oxygen atoms in total. The van der Waals surface area contributed by atoms with Crippen LogP contribution >= 0.6 is 0 Å². The molecule has 1 heterocycles. The summed E-state index contributed by atoms with van der Waals surface area (Å²) in [5, 5.41) is 20.0. The smallest absolute Gasteiger partial charge is 0.457 e. The van der Waals surface area contributed by atoms with Crippen molar-refractivity contribution in [2.75, 3.05) is 0 Å². The Kier molecular flexibility index (Phi) is 6.99. The van der Waals surface area contributed by atoms with Gasteiger partial charge >= 0.3 is 7.12 Å². The average molecular weight is 286 g/mol. The fourth-order valence-corrected chi connectivity index (χ4v) is 2.22. The minimum atomic E-state index is -1.50. The number of para-hydroxylation sites is 1. The average Bonchev–Trinajstić information content (AvgIpc) is 2.83. The Morgan fingerprint density at radius 3 is 2.43 bits per heavy atom. The minimum absolute atomic E-state index is 0.450. The Morgan fingerprint density at radius 1 is 1.29 bits per heavy atom. The zero-order chi connectivity index (χ0) is 15.8. The highest BCUT2D eigenvalue weighted by molar-refractivity contribution is 6.65. The third-order valence-electron chi connectivity index (χ3n) is 3.02. The maximum Gasteiger partial charge on any atom is 0.491 e. The van der Waals surface area contributed by atoms with Gasteiger partial charge in [0.15, 0.2) is 0 Å². The largest absolute Gasteiger partial charge is 0.491 e. The number of aryl methyl sites for hydroxylation is 1. The predicted octanol–water partition coefficient (Wildman–Crippen LogP) is 3.99. The number of hydrogen-bond donors (Lipinski definition) is 2. The summed E-state index contributed by atoms with van der Waals surface area (Å²) in [5.74, 6) is 0.593. The molecule has 0 aliphatic rings. The van der Waals surface area contributed by atoms with Gasteiger partial charge in [0.1, 0.15) is 11.3 Å². The Labute approximate surface area is 126 Å². The first-order chi connectivity index (χ1) is 10.1. The second-order valence-corrected chi connectivity index (χ2v) is 4.61. The van der Waals surface area contributed by atoms with E-state index >= 15 is 0 Å². The van der Waals surface area contributed by atoms with Gasteiger partial charge in [0.25, 0.3) is 0 Å². The lowest BCUT2D eigenvalue weighted by atomic mass is 9.76.